The van der Waals surface area contributed by atoms with Gasteiger partial charge in [0.25, 0.3) is 0 Å². The van der Waals surface area contributed by atoms with Crippen molar-refractivity contribution < 1.29 is 4.79 Å². The average molecular weight is 263 g/mol. The fraction of sp³-hybridized carbons (Fsp3) is 0.600. The molecule has 1 aromatic rings. The fourth-order valence-electron chi connectivity index (χ4n) is 1.71. The third-order valence-electron chi connectivity index (χ3n) is 3.36. The molecule has 1 unspecified atom stereocenters. The molecule has 2 N–H and O–H groups in total. The summed E-state index contributed by atoms with van der Waals surface area (Å²) >= 11 is 0. The van der Waals surface area contributed by atoms with Gasteiger partial charge < -0.3 is 10.6 Å². The molecule has 1 rings (SSSR count). The number of hydrogen-bond acceptors (Lipinski definition) is 3. The Morgan fingerprint density at radius 3 is 2.42 bits per heavy atom. The molecule has 0 bridgehead atoms. The van der Waals surface area contributed by atoms with E-state index >= 15 is 0 Å². The summed E-state index contributed by atoms with van der Waals surface area (Å²) in [7, 11) is 0. The summed E-state index contributed by atoms with van der Waals surface area (Å²) in [5.41, 5.74) is 7.12. The van der Waals surface area contributed by atoms with Gasteiger partial charge in [-0.15, -0.1) is 0 Å². The first-order valence-electron chi connectivity index (χ1n) is 6.77. The lowest BCUT2D eigenvalue weighted by molar-refractivity contribution is -0.132. The molecule has 106 valence electrons. The van der Waals surface area contributed by atoms with Crippen LogP contribution in [0.5, 0.6) is 0 Å². The zero-order chi connectivity index (χ0) is 14.5. The van der Waals surface area contributed by atoms with Gasteiger partial charge in [0.1, 0.15) is 0 Å². The van der Waals surface area contributed by atoms with E-state index < -0.39 is 0 Å². The first-order valence-corrected chi connectivity index (χ1v) is 6.77. The van der Waals surface area contributed by atoms with Gasteiger partial charge in [-0.2, -0.15) is 0 Å². The van der Waals surface area contributed by atoms with Gasteiger partial charge in [-0.05, 0) is 30.0 Å². The van der Waals surface area contributed by atoms with E-state index in [0.717, 1.165) is 5.56 Å². The van der Waals surface area contributed by atoms with Crippen LogP contribution in [0.15, 0.2) is 24.5 Å². The number of aromatic nitrogens is 1. The highest BCUT2D eigenvalue weighted by molar-refractivity contribution is 5.76. The van der Waals surface area contributed by atoms with Crippen LogP contribution in [-0.4, -0.2) is 28.4 Å². The molecular formula is C15H25N3O. The first-order chi connectivity index (χ1) is 8.84. The van der Waals surface area contributed by atoms with Crippen LogP contribution >= 0.6 is 0 Å². The van der Waals surface area contributed by atoms with Gasteiger partial charge in [0.15, 0.2) is 0 Å². The summed E-state index contributed by atoms with van der Waals surface area (Å²) in [4.78, 5) is 18.1. The van der Waals surface area contributed by atoms with Crippen LogP contribution in [0.25, 0.3) is 0 Å². The lowest BCUT2D eigenvalue weighted by Crippen LogP contribution is -2.41. The molecule has 0 saturated heterocycles. The van der Waals surface area contributed by atoms with Crippen molar-refractivity contribution in [3.8, 4) is 0 Å². The summed E-state index contributed by atoms with van der Waals surface area (Å²) in [5.74, 6) is 0.113. The molecule has 19 heavy (non-hydrogen) atoms. The third-order valence-corrected chi connectivity index (χ3v) is 3.36. The van der Waals surface area contributed by atoms with Gasteiger partial charge in [-0.3, -0.25) is 9.78 Å². The van der Waals surface area contributed by atoms with Crippen molar-refractivity contribution >= 4 is 5.91 Å². The van der Waals surface area contributed by atoms with E-state index in [2.05, 4.69) is 25.8 Å². The van der Waals surface area contributed by atoms with Crippen LogP contribution in [0.4, 0.5) is 0 Å². The number of carbonyl (C=O) groups excluding carboxylic acids is 1. The van der Waals surface area contributed by atoms with Gasteiger partial charge >= 0.3 is 0 Å². The zero-order valence-electron chi connectivity index (χ0n) is 12.4. The molecule has 1 atom stereocenters. The predicted octanol–water partition coefficient (Wildman–Crippen LogP) is 2.19. The molecule has 1 aromatic heterocycles. The average Bonchev–Trinajstić information content (AvgIpc) is 2.35. The van der Waals surface area contributed by atoms with E-state index in [-0.39, 0.29) is 17.4 Å². The van der Waals surface area contributed by atoms with E-state index in [0.29, 0.717) is 19.5 Å². The molecule has 1 heterocycles. The van der Waals surface area contributed by atoms with Crippen LogP contribution in [0.3, 0.4) is 0 Å². The second-order valence-corrected chi connectivity index (χ2v) is 5.94. The second kappa shape index (κ2) is 6.66. The maximum absolute atomic E-state index is 12.3. The number of nitrogens with zero attached hydrogens (tertiary/aromatic N) is 2. The van der Waals surface area contributed by atoms with Crippen molar-refractivity contribution in [1.82, 2.24) is 9.88 Å². The van der Waals surface area contributed by atoms with Crippen molar-refractivity contribution in [2.24, 2.45) is 11.1 Å². The van der Waals surface area contributed by atoms with Crippen molar-refractivity contribution in [2.45, 2.75) is 46.7 Å². The van der Waals surface area contributed by atoms with Crippen molar-refractivity contribution in [1.29, 1.82) is 0 Å². The number of nitrogens with two attached hydrogens (primary N) is 1. The Morgan fingerprint density at radius 1 is 1.37 bits per heavy atom. The first kappa shape index (κ1) is 15.6. The number of hydrogen-bond donors (Lipinski definition) is 1. The van der Waals surface area contributed by atoms with E-state index in [1.807, 2.05) is 24.0 Å². The minimum atomic E-state index is -0.119. The number of amides is 1. The van der Waals surface area contributed by atoms with Gasteiger partial charge in [0, 0.05) is 37.9 Å². The molecule has 0 aliphatic rings. The standard InChI is InChI=1S/C15H25N3O/c1-5-18(11-12-6-8-17-9-7-12)14(19)10-13(16)15(2,3)4/h6-9,13H,5,10-11,16H2,1-4H3. The zero-order valence-corrected chi connectivity index (χ0v) is 12.4. The molecule has 0 aliphatic heterocycles. The lowest BCUT2D eigenvalue weighted by atomic mass is 9.85. The molecule has 0 fully saturated rings. The van der Waals surface area contributed by atoms with Crippen LogP contribution in [-0.2, 0) is 11.3 Å². The maximum Gasteiger partial charge on any atom is 0.224 e. The van der Waals surface area contributed by atoms with Crippen molar-refractivity contribution in [2.75, 3.05) is 6.54 Å². The second-order valence-electron chi connectivity index (χ2n) is 5.94. The summed E-state index contributed by atoms with van der Waals surface area (Å²) < 4.78 is 0. The SMILES string of the molecule is CCN(Cc1ccncc1)C(=O)CC(N)C(C)(C)C. The lowest BCUT2D eigenvalue weighted by Gasteiger charge is -2.29. The van der Waals surface area contributed by atoms with E-state index in [1.54, 1.807) is 12.4 Å². The Kier molecular flexibility index (Phi) is 5.48. The summed E-state index contributed by atoms with van der Waals surface area (Å²) in [5, 5.41) is 0. The third kappa shape index (κ3) is 4.99. The molecule has 4 heteroatoms. The smallest absolute Gasteiger partial charge is 0.224 e. The highest BCUT2D eigenvalue weighted by Gasteiger charge is 2.25. The Morgan fingerprint density at radius 2 is 1.95 bits per heavy atom. The molecule has 0 radical (unpaired) electrons. The number of rotatable bonds is 5. The van der Waals surface area contributed by atoms with E-state index in [4.69, 9.17) is 5.73 Å². The van der Waals surface area contributed by atoms with E-state index in [1.165, 1.54) is 0 Å². The quantitative estimate of drug-likeness (QED) is 0.886. The molecule has 4 nitrogen and oxygen atoms in total. The highest BCUT2D eigenvalue weighted by atomic mass is 16.2. The monoisotopic (exact) mass is 263 g/mol. The van der Waals surface area contributed by atoms with E-state index in [9.17, 15) is 4.79 Å². The van der Waals surface area contributed by atoms with Gasteiger partial charge in [-0.25, -0.2) is 0 Å². The van der Waals surface area contributed by atoms with Gasteiger partial charge in [0.2, 0.25) is 5.91 Å². The Hall–Kier alpha value is -1.42. The van der Waals surface area contributed by atoms with Crippen molar-refractivity contribution in [3.05, 3.63) is 30.1 Å². The summed E-state index contributed by atoms with van der Waals surface area (Å²) in [6.07, 6.45) is 3.88. The highest BCUT2D eigenvalue weighted by Crippen LogP contribution is 2.20. The van der Waals surface area contributed by atoms with Crippen molar-refractivity contribution in [3.63, 3.8) is 0 Å². The van der Waals surface area contributed by atoms with Crippen LogP contribution in [0, 0.1) is 5.41 Å². The molecule has 0 spiro atoms. The Labute approximate surface area is 116 Å². The molecule has 0 saturated carbocycles. The molecule has 0 aliphatic carbocycles. The topological polar surface area (TPSA) is 59.2 Å². The summed E-state index contributed by atoms with van der Waals surface area (Å²) in [6, 6.07) is 3.74. The minimum absolute atomic E-state index is 0.0499. The Bertz CT molecular complexity index is 398. The molecular weight excluding hydrogens is 238 g/mol. The van der Waals surface area contributed by atoms with Crippen LogP contribution in [0.2, 0.25) is 0 Å². The molecule has 1 amide bonds. The van der Waals surface area contributed by atoms with Crippen LogP contribution < -0.4 is 5.73 Å². The normalized spacial score (nSPS) is 13.1. The number of pyridine rings is 1. The Balaban J connectivity index is 2.63. The predicted molar refractivity (Wildman–Crippen MR) is 77.4 cm³/mol. The minimum Gasteiger partial charge on any atom is -0.339 e. The van der Waals surface area contributed by atoms with Gasteiger partial charge in [0.05, 0.1) is 0 Å². The van der Waals surface area contributed by atoms with Crippen LogP contribution in [0.1, 0.15) is 39.7 Å². The van der Waals surface area contributed by atoms with Gasteiger partial charge in [-0.1, -0.05) is 20.8 Å². The number of carbonyl (C=O) groups is 1. The maximum atomic E-state index is 12.3. The molecule has 0 aromatic carbocycles. The largest absolute Gasteiger partial charge is 0.339 e. The summed E-state index contributed by atoms with van der Waals surface area (Å²) in [6.45, 7) is 9.48. The fourth-order valence-corrected chi connectivity index (χ4v) is 1.71.